The van der Waals surface area contributed by atoms with Crippen LogP contribution in [0.5, 0.6) is 5.75 Å². The van der Waals surface area contributed by atoms with E-state index in [2.05, 4.69) is 5.32 Å². The van der Waals surface area contributed by atoms with Gasteiger partial charge in [-0.05, 0) is 60.2 Å². The first-order valence-corrected chi connectivity index (χ1v) is 9.53. The minimum Gasteiger partial charge on any atom is -0.496 e. The number of nitrogens with one attached hydrogen (secondary N) is 1. The van der Waals surface area contributed by atoms with Crippen LogP contribution in [0.1, 0.15) is 11.1 Å². The summed E-state index contributed by atoms with van der Waals surface area (Å²) in [5.41, 5.74) is 2.10. The molecule has 6 nitrogen and oxygen atoms in total. The second-order valence-corrected chi connectivity index (χ2v) is 7.43. The molecule has 2 aromatic carbocycles. The zero-order chi connectivity index (χ0) is 20.3. The summed E-state index contributed by atoms with van der Waals surface area (Å²) in [5, 5.41) is 2.49. The lowest BCUT2D eigenvalue weighted by molar-refractivity contribution is -0.127. The average molecular weight is 417 g/mol. The van der Waals surface area contributed by atoms with Crippen molar-refractivity contribution in [3.8, 4) is 5.75 Å². The van der Waals surface area contributed by atoms with Crippen molar-refractivity contribution >= 4 is 52.2 Å². The highest BCUT2D eigenvalue weighted by atomic mass is 35.5. The summed E-state index contributed by atoms with van der Waals surface area (Å²) >= 11 is 6.81. The molecule has 0 aliphatic carbocycles. The number of rotatable bonds is 5. The van der Waals surface area contributed by atoms with E-state index < -0.39 is 17.1 Å². The number of halogens is 1. The summed E-state index contributed by atoms with van der Waals surface area (Å²) in [7, 11) is 1.58. The van der Waals surface area contributed by atoms with Crippen molar-refractivity contribution in [3.05, 3.63) is 63.5 Å². The third-order valence-corrected chi connectivity index (χ3v) is 5.28. The lowest BCUT2D eigenvalue weighted by Gasteiger charge is -2.13. The summed E-state index contributed by atoms with van der Waals surface area (Å²) in [6.45, 7) is 1.51. The minimum atomic E-state index is -0.503. The SMILES string of the molecule is COc1ccc(/C=C2/SC(=O)N(CC(=O)Nc3ccccc3Cl)C2=O)cc1C. The summed E-state index contributed by atoms with van der Waals surface area (Å²) in [6, 6.07) is 12.2. The van der Waals surface area contributed by atoms with Crippen LogP contribution in [0.15, 0.2) is 47.4 Å². The van der Waals surface area contributed by atoms with Gasteiger partial charge in [-0.3, -0.25) is 19.3 Å². The molecule has 2 aromatic rings. The third-order valence-electron chi connectivity index (χ3n) is 4.04. The van der Waals surface area contributed by atoms with Crippen molar-refractivity contribution in [2.45, 2.75) is 6.92 Å². The molecule has 1 heterocycles. The van der Waals surface area contributed by atoms with Crippen LogP contribution in [-0.2, 0) is 9.59 Å². The molecule has 1 aliphatic heterocycles. The van der Waals surface area contributed by atoms with Gasteiger partial charge in [0, 0.05) is 0 Å². The molecule has 0 bridgehead atoms. The van der Waals surface area contributed by atoms with E-state index in [1.54, 1.807) is 49.6 Å². The third kappa shape index (κ3) is 4.37. The molecule has 1 aliphatic rings. The van der Waals surface area contributed by atoms with E-state index in [4.69, 9.17) is 16.3 Å². The van der Waals surface area contributed by atoms with Crippen molar-refractivity contribution in [2.75, 3.05) is 19.0 Å². The number of anilines is 1. The Balaban J connectivity index is 1.72. The van der Waals surface area contributed by atoms with Gasteiger partial charge in [-0.1, -0.05) is 29.8 Å². The van der Waals surface area contributed by atoms with Crippen molar-refractivity contribution in [1.29, 1.82) is 0 Å². The highest BCUT2D eigenvalue weighted by molar-refractivity contribution is 8.18. The van der Waals surface area contributed by atoms with E-state index in [9.17, 15) is 14.4 Å². The smallest absolute Gasteiger partial charge is 0.294 e. The zero-order valence-corrected chi connectivity index (χ0v) is 16.8. The predicted molar refractivity (Wildman–Crippen MR) is 110 cm³/mol. The van der Waals surface area contributed by atoms with Gasteiger partial charge in [-0.25, -0.2) is 0 Å². The van der Waals surface area contributed by atoms with Gasteiger partial charge in [0.1, 0.15) is 12.3 Å². The molecular formula is C20H17ClN2O4S. The largest absolute Gasteiger partial charge is 0.496 e. The number of carbonyl (C=O) groups is 3. The van der Waals surface area contributed by atoms with E-state index >= 15 is 0 Å². The van der Waals surface area contributed by atoms with Crippen molar-refractivity contribution < 1.29 is 19.1 Å². The lowest BCUT2D eigenvalue weighted by atomic mass is 10.1. The Morgan fingerprint density at radius 2 is 2.00 bits per heavy atom. The average Bonchev–Trinajstić information content (AvgIpc) is 2.91. The lowest BCUT2D eigenvalue weighted by Crippen LogP contribution is -2.36. The number of ether oxygens (including phenoxy) is 1. The molecular weight excluding hydrogens is 400 g/mol. The number of carbonyl (C=O) groups excluding carboxylic acids is 3. The number of methoxy groups -OCH3 is 1. The highest BCUT2D eigenvalue weighted by Crippen LogP contribution is 2.33. The van der Waals surface area contributed by atoms with Gasteiger partial charge >= 0.3 is 0 Å². The maximum atomic E-state index is 12.6. The maximum Gasteiger partial charge on any atom is 0.294 e. The number of amides is 3. The first-order valence-electron chi connectivity index (χ1n) is 8.33. The Labute approximate surface area is 171 Å². The topological polar surface area (TPSA) is 75.7 Å². The number of aryl methyl sites for hydroxylation is 1. The maximum absolute atomic E-state index is 12.6. The molecule has 0 radical (unpaired) electrons. The number of hydrogen-bond acceptors (Lipinski definition) is 5. The van der Waals surface area contributed by atoms with Gasteiger partial charge in [0.05, 0.1) is 22.7 Å². The molecule has 8 heteroatoms. The van der Waals surface area contributed by atoms with Crippen LogP contribution in [0.4, 0.5) is 10.5 Å². The molecule has 0 atom stereocenters. The fourth-order valence-electron chi connectivity index (χ4n) is 2.67. The quantitative estimate of drug-likeness (QED) is 0.734. The molecule has 1 fully saturated rings. The molecule has 1 saturated heterocycles. The van der Waals surface area contributed by atoms with Gasteiger partial charge in [0.25, 0.3) is 11.1 Å². The summed E-state index contributed by atoms with van der Waals surface area (Å²) < 4.78 is 5.22. The van der Waals surface area contributed by atoms with Crippen LogP contribution in [0.25, 0.3) is 6.08 Å². The number of thioether (sulfide) groups is 1. The number of hydrogen-bond donors (Lipinski definition) is 1. The number of para-hydroxylation sites is 1. The van der Waals surface area contributed by atoms with Crippen LogP contribution in [0.2, 0.25) is 5.02 Å². The molecule has 28 heavy (non-hydrogen) atoms. The zero-order valence-electron chi connectivity index (χ0n) is 15.2. The molecule has 144 valence electrons. The highest BCUT2D eigenvalue weighted by Gasteiger charge is 2.36. The second-order valence-electron chi connectivity index (χ2n) is 6.02. The number of benzene rings is 2. The number of nitrogens with zero attached hydrogens (tertiary/aromatic N) is 1. The van der Waals surface area contributed by atoms with E-state index in [0.717, 1.165) is 33.5 Å². The fourth-order valence-corrected chi connectivity index (χ4v) is 3.70. The van der Waals surface area contributed by atoms with Crippen molar-refractivity contribution in [1.82, 2.24) is 4.90 Å². The molecule has 0 unspecified atom stereocenters. The molecule has 0 spiro atoms. The Morgan fingerprint density at radius 1 is 1.25 bits per heavy atom. The van der Waals surface area contributed by atoms with Gasteiger partial charge in [-0.2, -0.15) is 0 Å². The van der Waals surface area contributed by atoms with Crippen LogP contribution < -0.4 is 10.1 Å². The Morgan fingerprint density at radius 3 is 2.68 bits per heavy atom. The second kappa shape index (κ2) is 8.50. The summed E-state index contributed by atoms with van der Waals surface area (Å²) in [5.74, 6) is -0.267. The van der Waals surface area contributed by atoms with Crippen LogP contribution >= 0.6 is 23.4 Å². The Kier molecular flexibility index (Phi) is 6.06. The standard InChI is InChI=1S/C20H17ClN2O4S/c1-12-9-13(7-8-16(12)27-2)10-17-19(25)23(20(26)28-17)11-18(24)22-15-6-4-3-5-14(15)21/h3-10H,11H2,1-2H3,(H,22,24)/b17-10+. The van der Waals surface area contributed by atoms with E-state index in [1.165, 1.54) is 0 Å². The summed E-state index contributed by atoms with van der Waals surface area (Å²) in [6.07, 6.45) is 1.63. The van der Waals surface area contributed by atoms with Gasteiger partial charge in [-0.15, -0.1) is 0 Å². The van der Waals surface area contributed by atoms with Crippen molar-refractivity contribution in [2.24, 2.45) is 0 Å². The fraction of sp³-hybridized carbons (Fsp3) is 0.150. The van der Waals surface area contributed by atoms with Gasteiger partial charge in [0.15, 0.2) is 0 Å². The summed E-state index contributed by atoms with van der Waals surface area (Å²) in [4.78, 5) is 38.2. The normalized spacial score (nSPS) is 15.2. The van der Waals surface area contributed by atoms with Crippen LogP contribution in [-0.4, -0.2) is 35.6 Å². The molecule has 0 saturated carbocycles. The molecule has 3 amide bonds. The minimum absolute atomic E-state index is 0.264. The van der Waals surface area contributed by atoms with Crippen molar-refractivity contribution in [3.63, 3.8) is 0 Å². The molecule has 3 rings (SSSR count). The molecule has 1 N–H and O–H groups in total. The van der Waals surface area contributed by atoms with Crippen LogP contribution in [0, 0.1) is 6.92 Å². The van der Waals surface area contributed by atoms with E-state index in [-0.39, 0.29) is 11.4 Å². The van der Waals surface area contributed by atoms with E-state index in [0.29, 0.717) is 10.7 Å². The predicted octanol–water partition coefficient (Wildman–Crippen LogP) is 4.33. The van der Waals surface area contributed by atoms with E-state index in [1.807, 2.05) is 13.0 Å². The Hall–Kier alpha value is -2.77. The van der Waals surface area contributed by atoms with Gasteiger partial charge in [0.2, 0.25) is 5.91 Å². The Bertz CT molecular complexity index is 990. The monoisotopic (exact) mass is 416 g/mol. The van der Waals surface area contributed by atoms with Crippen LogP contribution in [0.3, 0.4) is 0 Å². The number of imide groups is 1. The first-order chi connectivity index (χ1) is 13.4. The van der Waals surface area contributed by atoms with Gasteiger partial charge < -0.3 is 10.1 Å². The molecule has 0 aromatic heterocycles. The first kappa shape index (κ1) is 20.0.